The van der Waals surface area contributed by atoms with E-state index in [1.807, 2.05) is 0 Å². The van der Waals surface area contributed by atoms with Crippen molar-refractivity contribution in [3.05, 3.63) is 24.8 Å². The van der Waals surface area contributed by atoms with Gasteiger partial charge < -0.3 is 0 Å². The van der Waals surface area contributed by atoms with Crippen LogP contribution in [0.1, 0.15) is 0 Å². The van der Waals surface area contributed by atoms with Crippen molar-refractivity contribution in [2.24, 2.45) is 20.0 Å². The molecule has 0 amide bonds. The van der Waals surface area contributed by atoms with Crippen LogP contribution in [-0.4, -0.2) is 39.1 Å². The third kappa shape index (κ3) is 2.43. The maximum atomic E-state index is 4.01. The maximum absolute atomic E-state index is 4.01. The smallest absolute Gasteiger partial charge is 0.211 e. The molecule has 3 heterocycles. The molecule has 2 aliphatic rings. The van der Waals surface area contributed by atoms with Gasteiger partial charge in [0.2, 0.25) is 4.45 Å². The summed E-state index contributed by atoms with van der Waals surface area (Å²) in [5, 5.41) is 0. The van der Waals surface area contributed by atoms with E-state index in [-0.39, 0.29) is 0 Å². The van der Waals surface area contributed by atoms with Gasteiger partial charge >= 0.3 is 0 Å². The third-order valence-electron chi connectivity index (χ3n) is 1.71. The van der Waals surface area contributed by atoms with Crippen LogP contribution in [0.5, 0.6) is 0 Å². The molecule has 0 aliphatic carbocycles. The summed E-state index contributed by atoms with van der Waals surface area (Å²) in [5.41, 5.74) is 0. The lowest BCUT2D eigenvalue weighted by Crippen LogP contribution is -2.29. The van der Waals surface area contributed by atoms with Crippen molar-refractivity contribution in [3.63, 3.8) is 0 Å². The minimum atomic E-state index is -0.568. The fourth-order valence-corrected chi connectivity index (χ4v) is 1.42. The Hall–Kier alpha value is -1.76. The van der Waals surface area contributed by atoms with Gasteiger partial charge in [0, 0.05) is 12.4 Å². The monoisotopic (exact) mass is 278 g/mol. The lowest BCUT2D eigenvalue weighted by molar-refractivity contribution is 1.11. The maximum Gasteiger partial charge on any atom is 0.211 e. The van der Waals surface area contributed by atoms with E-state index in [0.29, 0.717) is 5.84 Å². The van der Waals surface area contributed by atoms with Crippen LogP contribution < -0.4 is 0 Å². The Morgan fingerprint density at radius 3 is 2.50 bits per heavy atom. The summed E-state index contributed by atoms with van der Waals surface area (Å²) in [7, 11) is 0. The number of fused-ring (bicyclic) bond motifs is 1. The second-order valence-corrected chi connectivity index (χ2v) is 4.01. The van der Waals surface area contributed by atoms with Crippen molar-refractivity contribution in [1.82, 2.24) is 9.97 Å². The number of hydrogen-bond donors (Lipinski definition) is 0. The van der Waals surface area contributed by atoms with Gasteiger partial charge in [-0.2, -0.15) is 0 Å². The first kappa shape index (κ1) is 10.7. The van der Waals surface area contributed by atoms with Gasteiger partial charge in [-0.3, -0.25) is 0 Å². The molecule has 0 N–H and O–H groups in total. The quantitative estimate of drug-likeness (QED) is 0.527. The highest BCUT2D eigenvalue weighted by Crippen LogP contribution is 2.25. The summed E-state index contributed by atoms with van der Waals surface area (Å²) in [4.78, 5) is 23.0. The van der Waals surface area contributed by atoms with E-state index in [9.17, 15) is 0 Å². The van der Waals surface area contributed by atoms with Crippen LogP contribution in [0.25, 0.3) is 0 Å². The van der Waals surface area contributed by atoms with E-state index < -0.39 is 4.45 Å². The summed E-state index contributed by atoms with van der Waals surface area (Å²) in [5.74, 6) is 0.641. The molecule has 0 spiro atoms. The fourth-order valence-electron chi connectivity index (χ4n) is 1.00. The Labute approximate surface area is 100 Å². The number of amidine groups is 1. The number of nitrogens with zero attached hydrogens (tertiary/aromatic N) is 6. The van der Waals surface area contributed by atoms with Crippen LogP contribution in [0.15, 0.2) is 44.8 Å². The van der Waals surface area contributed by atoms with Crippen molar-refractivity contribution in [3.8, 4) is 0 Å². The van der Waals surface area contributed by atoms with Crippen molar-refractivity contribution >= 4 is 40.7 Å². The molecule has 7 heteroatoms. The molecule has 1 aromatic heterocycles. The molecule has 0 bridgehead atoms. The van der Waals surface area contributed by atoms with Crippen LogP contribution in [0, 0.1) is 0 Å². The third-order valence-corrected chi connectivity index (χ3v) is 2.47. The molecule has 80 valence electrons. The van der Waals surface area contributed by atoms with Crippen LogP contribution in [0.3, 0.4) is 0 Å². The number of halogens is 1. The zero-order valence-electron chi connectivity index (χ0n) is 8.10. The highest BCUT2D eigenvalue weighted by atomic mass is 79.9. The summed E-state index contributed by atoms with van der Waals surface area (Å²) in [6.07, 6.45) is 9.45. The predicted molar refractivity (Wildman–Crippen MR) is 66.6 cm³/mol. The molecular formula is C9H7BrN6. The van der Waals surface area contributed by atoms with Gasteiger partial charge in [-0.1, -0.05) is 0 Å². The Balaban J connectivity index is 0.000000138. The molecule has 0 aromatic carbocycles. The number of aliphatic imine (C=N–C) groups is 4. The summed E-state index contributed by atoms with van der Waals surface area (Å²) in [6.45, 7) is 0. The average molecular weight is 279 g/mol. The summed E-state index contributed by atoms with van der Waals surface area (Å²) >= 11 is 3.33. The molecule has 0 saturated heterocycles. The zero-order chi connectivity index (χ0) is 11.3. The Morgan fingerprint density at radius 2 is 1.94 bits per heavy atom. The van der Waals surface area contributed by atoms with Gasteiger partial charge in [-0.15, -0.1) is 0 Å². The topological polar surface area (TPSA) is 75.2 Å². The van der Waals surface area contributed by atoms with E-state index in [1.54, 1.807) is 24.7 Å². The van der Waals surface area contributed by atoms with E-state index in [4.69, 9.17) is 0 Å². The zero-order valence-corrected chi connectivity index (χ0v) is 9.69. The first-order valence-corrected chi connectivity index (χ1v) is 5.18. The van der Waals surface area contributed by atoms with Gasteiger partial charge in [0.15, 0.2) is 5.84 Å². The van der Waals surface area contributed by atoms with Crippen molar-refractivity contribution in [2.45, 2.75) is 4.45 Å². The number of hydrogen-bond acceptors (Lipinski definition) is 6. The first-order valence-electron chi connectivity index (χ1n) is 4.39. The second-order valence-electron chi connectivity index (χ2n) is 2.80. The molecule has 16 heavy (non-hydrogen) atoms. The van der Waals surface area contributed by atoms with Crippen LogP contribution in [0.2, 0.25) is 0 Å². The number of alkyl halides is 1. The summed E-state index contributed by atoms with van der Waals surface area (Å²) in [6, 6.07) is 1.78. The minimum Gasteiger partial charge on any atom is -0.245 e. The molecule has 1 unspecified atom stereocenters. The number of rotatable bonds is 0. The number of aromatic nitrogens is 2. The highest BCUT2D eigenvalue weighted by Gasteiger charge is 2.34. The molecule has 2 aliphatic heterocycles. The van der Waals surface area contributed by atoms with E-state index in [1.165, 1.54) is 19.0 Å². The Morgan fingerprint density at radius 1 is 1.12 bits per heavy atom. The second kappa shape index (κ2) is 4.84. The normalized spacial score (nSPS) is 24.4. The predicted octanol–water partition coefficient (Wildman–Crippen LogP) is 1.11. The largest absolute Gasteiger partial charge is 0.245 e. The van der Waals surface area contributed by atoms with Crippen molar-refractivity contribution < 1.29 is 0 Å². The molecule has 0 radical (unpaired) electrons. The Kier molecular flexibility index (Phi) is 3.25. The van der Waals surface area contributed by atoms with Gasteiger partial charge in [0.1, 0.15) is 19.0 Å². The van der Waals surface area contributed by atoms with Gasteiger partial charge in [0.25, 0.3) is 0 Å². The molecule has 6 nitrogen and oxygen atoms in total. The van der Waals surface area contributed by atoms with Crippen LogP contribution >= 0.6 is 15.9 Å². The van der Waals surface area contributed by atoms with E-state index in [0.717, 1.165) is 0 Å². The standard InChI is InChI=1S/C5H3BrN4.C4H4N2/c6-5-1-7-2-8-4(5)9-3-10-5;1-2-5-4-6-3-1/h1-3H;1-4H. The molecular weight excluding hydrogens is 272 g/mol. The average Bonchev–Trinajstić information content (AvgIpc) is 2.73. The lowest BCUT2D eigenvalue weighted by atomic mass is 10.3. The molecule has 1 atom stereocenters. The molecule has 3 rings (SSSR count). The molecule has 1 aromatic rings. The van der Waals surface area contributed by atoms with Crippen LogP contribution in [-0.2, 0) is 0 Å². The van der Waals surface area contributed by atoms with Crippen molar-refractivity contribution in [1.29, 1.82) is 0 Å². The lowest BCUT2D eigenvalue weighted by Gasteiger charge is -2.13. The minimum absolute atomic E-state index is 0.568. The Bertz CT molecular complexity index is 439. The van der Waals surface area contributed by atoms with Gasteiger partial charge in [-0.25, -0.2) is 29.9 Å². The summed E-state index contributed by atoms with van der Waals surface area (Å²) < 4.78 is -0.568. The van der Waals surface area contributed by atoms with Crippen LogP contribution in [0.4, 0.5) is 0 Å². The van der Waals surface area contributed by atoms with Crippen molar-refractivity contribution in [2.75, 3.05) is 0 Å². The van der Waals surface area contributed by atoms with E-state index >= 15 is 0 Å². The van der Waals surface area contributed by atoms with Gasteiger partial charge in [0.05, 0.1) is 6.21 Å². The highest BCUT2D eigenvalue weighted by molar-refractivity contribution is 9.10. The first-order chi connectivity index (χ1) is 7.81. The molecule has 0 saturated carbocycles. The fraction of sp³-hybridized carbons (Fsp3) is 0.111. The SMILES string of the molecule is BrC12C=NC=NC1=NC=N2.c1cncnc1. The van der Waals surface area contributed by atoms with E-state index in [2.05, 4.69) is 45.9 Å². The molecule has 0 fully saturated rings. The van der Waals surface area contributed by atoms with Gasteiger partial charge in [-0.05, 0) is 22.0 Å².